The molecule has 0 aliphatic carbocycles. The molecule has 23 heavy (non-hydrogen) atoms. The van der Waals surface area contributed by atoms with Crippen molar-refractivity contribution >= 4 is 0 Å². The maximum absolute atomic E-state index is 10.0. The van der Waals surface area contributed by atoms with E-state index in [2.05, 4.69) is 60.4 Å². The second-order valence-corrected chi connectivity index (χ2v) is 6.55. The molecule has 2 N–H and O–H groups in total. The summed E-state index contributed by atoms with van der Waals surface area (Å²) in [5, 5.41) is 19.3. The Morgan fingerprint density at radius 1 is 1.09 bits per heavy atom. The van der Waals surface area contributed by atoms with Gasteiger partial charge in [0.05, 0.1) is 6.10 Å². The fourth-order valence-electron chi connectivity index (χ4n) is 3.35. The van der Waals surface area contributed by atoms with E-state index in [0.29, 0.717) is 6.54 Å². The first-order valence-electron chi connectivity index (χ1n) is 8.33. The number of aryl methyl sites for hydroxylation is 1. The van der Waals surface area contributed by atoms with Gasteiger partial charge in [0.25, 0.3) is 0 Å². The third kappa shape index (κ3) is 3.81. The summed E-state index contributed by atoms with van der Waals surface area (Å²) in [7, 11) is 0. The lowest BCUT2D eigenvalue weighted by molar-refractivity contribution is -0.00443. The maximum atomic E-state index is 10.0. The van der Waals surface area contributed by atoms with Gasteiger partial charge in [-0.25, -0.2) is 0 Å². The van der Waals surface area contributed by atoms with Crippen LogP contribution in [-0.4, -0.2) is 40.9 Å². The zero-order valence-corrected chi connectivity index (χ0v) is 13.7. The van der Waals surface area contributed by atoms with E-state index in [-0.39, 0.29) is 12.5 Å². The molecular formula is C20H25NO2. The Balaban J connectivity index is 1.66. The van der Waals surface area contributed by atoms with Crippen LogP contribution in [0, 0.1) is 12.8 Å². The van der Waals surface area contributed by atoms with Crippen LogP contribution in [0.25, 0.3) is 11.1 Å². The van der Waals surface area contributed by atoms with Crippen LogP contribution >= 0.6 is 0 Å². The normalized spacial score (nSPS) is 22.2. The Hall–Kier alpha value is -1.68. The van der Waals surface area contributed by atoms with Gasteiger partial charge in [0, 0.05) is 25.6 Å². The van der Waals surface area contributed by atoms with Gasteiger partial charge in [-0.1, -0.05) is 48.5 Å². The van der Waals surface area contributed by atoms with E-state index >= 15 is 0 Å². The minimum atomic E-state index is -0.417. The van der Waals surface area contributed by atoms with Crippen LogP contribution in [0.5, 0.6) is 0 Å². The number of benzene rings is 2. The monoisotopic (exact) mass is 311 g/mol. The predicted molar refractivity (Wildman–Crippen MR) is 93.1 cm³/mol. The summed E-state index contributed by atoms with van der Waals surface area (Å²) >= 11 is 0. The number of hydrogen-bond acceptors (Lipinski definition) is 3. The molecule has 0 amide bonds. The molecular weight excluding hydrogens is 286 g/mol. The van der Waals surface area contributed by atoms with Crippen LogP contribution in [0.15, 0.2) is 48.5 Å². The van der Waals surface area contributed by atoms with Gasteiger partial charge in [-0.15, -0.1) is 0 Å². The zero-order valence-electron chi connectivity index (χ0n) is 13.7. The highest BCUT2D eigenvalue weighted by atomic mass is 16.3. The lowest BCUT2D eigenvalue weighted by Gasteiger charge is -2.35. The van der Waals surface area contributed by atoms with Crippen molar-refractivity contribution in [3.63, 3.8) is 0 Å². The summed E-state index contributed by atoms with van der Waals surface area (Å²) in [6.07, 6.45) is 0.443. The number of likely N-dealkylation sites (tertiary alicyclic amines) is 1. The van der Waals surface area contributed by atoms with Gasteiger partial charge in [0.2, 0.25) is 0 Å². The zero-order chi connectivity index (χ0) is 16.2. The molecule has 3 rings (SSSR count). The average Bonchev–Trinajstić information content (AvgIpc) is 2.56. The summed E-state index contributed by atoms with van der Waals surface area (Å²) < 4.78 is 0. The van der Waals surface area contributed by atoms with Crippen molar-refractivity contribution in [1.82, 2.24) is 4.90 Å². The number of aliphatic hydroxyl groups excluding tert-OH is 2. The van der Waals surface area contributed by atoms with E-state index in [1.807, 2.05) is 0 Å². The van der Waals surface area contributed by atoms with Crippen LogP contribution in [0.3, 0.4) is 0 Å². The van der Waals surface area contributed by atoms with Crippen LogP contribution < -0.4 is 0 Å². The van der Waals surface area contributed by atoms with E-state index in [0.717, 1.165) is 19.5 Å². The lowest BCUT2D eigenvalue weighted by Crippen LogP contribution is -2.44. The molecule has 122 valence electrons. The fraction of sp³-hybridized carbons (Fsp3) is 0.400. The Kier molecular flexibility index (Phi) is 5.11. The van der Waals surface area contributed by atoms with E-state index in [1.165, 1.54) is 22.3 Å². The minimum Gasteiger partial charge on any atom is -0.396 e. The molecule has 2 aromatic carbocycles. The molecule has 1 aliphatic heterocycles. The van der Waals surface area contributed by atoms with Crippen LogP contribution in [0.4, 0.5) is 0 Å². The van der Waals surface area contributed by atoms with Crippen molar-refractivity contribution in [2.75, 3.05) is 19.7 Å². The molecule has 3 nitrogen and oxygen atoms in total. The number of piperidine rings is 1. The molecule has 0 bridgehead atoms. The molecule has 0 unspecified atom stereocenters. The highest BCUT2D eigenvalue weighted by molar-refractivity contribution is 5.67. The second-order valence-electron chi connectivity index (χ2n) is 6.55. The molecule has 1 fully saturated rings. The Morgan fingerprint density at radius 3 is 2.48 bits per heavy atom. The molecule has 1 aliphatic rings. The molecule has 0 radical (unpaired) electrons. The minimum absolute atomic E-state index is 0.0367. The molecule has 0 saturated carbocycles. The van der Waals surface area contributed by atoms with Crippen molar-refractivity contribution in [1.29, 1.82) is 0 Å². The SMILES string of the molecule is Cc1ccccc1-c1ccc(CN2CC[C@H](CO)[C@H](O)C2)cc1. The molecule has 3 heteroatoms. The smallest absolute Gasteiger partial charge is 0.0717 e. The van der Waals surface area contributed by atoms with Crippen molar-refractivity contribution < 1.29 is 10.2 Å². The largest absolute Gasteiger partial charge is 0.396 e. The number of rotatable bonds is 4. The summed E-state index contributed by atoms with van der Waals surface area (Å²) in [6, 6.07) is 17.1. The van der Waals surface area contributed by atoms with Crippen molar-refractivity contribution in [3.8, 4) is 11.1 Å². The molecule has 0 aromatic heterocycles. The lowest BCUT2D eigenvalue weighted by atomic mass is 9.94. The van der Waals surface area contributed by atoms with Crippen LogP contribution in [0.1, 0.15) is 17.5 Å². The van der Waals surface area contributed by atoms with Gasteiger partial charge >= 0.3 is 0 Å². The maximum Gasteiger partial charge on any atom is 0.0717 e. The van der Waals surface area contributed by atoms with E-state index in [4.69, 9.17) is 0 Å². The third-order valence-corrected chi connectivity index (χ3v) is 4.86. The standard InChI is InChI=1S/C20H25NO2/c1-15-4-2-3-5-19(15)17-8-6-16(7-9-17)12-21-11-10-18(14-22)20(23)13-21/h2-9,18,20,22-23H,10-14H2,1H3/t18-,20-/m1/s1. The summed E-state index contributed by atoms with van der Waals surface area (Å²) in [6.45, 7) is 4.64. The first-order valence-corrected chi connectivity index (χ1v) is 8.33. The van der Waals surface area contributed by atoms with Gasteiger partial charge in [-0.3, -0.25) is 4.90 Å². The predicted octanol–water partition coefficient (Wildman–Crippen LogP) is 2.84. The molecule has 2 aromatic rings. The average molecular weight is 311 g/mol. The van der Waals surface area contributed by atoms with Crippen LogP contribution in [0.2, 0.25) is 0 Å². The topological polar surface area (TPSA) is 43.7 Å². The Bertz CT molecular complexity index is 638. The van der Waals surface area contributed by atoms with Crippen molar-refractivity contribution in [2.45, 2.75) is 26.0 Å². The van der Waals surface area contributed by atoms with Gasteiger partial charge in [0.1, 0.15) is 0 Å². The van der Waals surface area contributed by atoms with Gasteiger partial charge in [-0.2, -0.15) is 0 Å². The van der Waals surface area contributed by atoms with E-state index in [1.54, 1.807) is 0 Å². The summed E-state index contributed by atoms with van der Waals surface area (Å²) in [5.41, 5.74) is 5.07. The highest BCUT2D eigenvalue weighted by Crippen LogP contribution is 2.24. The first kappa shape index (κ1) is 16.2. The van der Waals surface area contributed by atoms with Gasteiger partial charge in [-0.05, 0) is 42.1 Å². The van der Waals surface area contributed by atoms with E-state index < -0.39 is 6.10 Å². The Morgan fingerprint density at radius 2 is 1.83 bits per heavy atom. The summed E-state index contributed by atoms with van der Waals surface area (Å²) in [5.74, 6) is 0.0367. The van der Waals surface area contributed by atoms with E-state index in [9.17, 15) is 10.2 Å². The molecule has 0 spiro atoms. The van der Waals surface area contributed by atoms with Crippen molar-refractivity contribution in [3.05, 3.63) is 59.7 Å². The Labute approximate surface area is 138 Å². The molecule has 2 atom stereocenters. The van der Waals surface area contributed by atoms with Gasteiger partial charge in [0.15, 0.2) is 0 Å². The fourth-order valence-corrected chi connectivity index (χ4v) is 3.35. The quantitative estimate of drug-likeness (QED) is 0.912. The van der Waals surface area contributed by atoms with Crippen LogP contribution in [-0.2, 0) is 6.54 Å². The number of aliphatic hydroxyl groups is 2. The second kappa shape index (κ2) is 7.26. The number of β-amino-alcohol motifs (C(OH)–C–C–N with tert-alkyl or cyclic N) is 1. The summed E-state index contributed by atoms with van der Waals surface area (Å²) in [4.78, 5) is 2.26. The number of nitrogens with zero attached hydrogens (tertiary/aromatic N) is 1. The first-order chi connectivity index (χ1) is 11.2. The molecule has 1 saturated heterocycles. The number of hydrogen-bond donors (Lipinski definition) is 2. The third-order valence-electron chi connectivity index (χ3n) is 4.86. The highest BCUT2D eigenvalue weighted by Gasteiger charge is 2.26. The molecule has 1 heterocycles. The van der Waals surface area contributed by atoms with Gasteiger partial charge < -0.3 is 10.2 Å². The van der Waals surface area contributed by atoms with Crippen molar-refractivity contribution in [2.24, 2.45) is 5.92 Å².